The predicted molar refractivity (Wildman–Crippen MR) is 66.6 cm³/mol. The standard InChI is InChI=1S/C13H20N2O3/c1-9-4-2-3-5-12(9)18-8-11-6-10(7-17-11)13(16)15-14/h6-7,9,12H,2-5,8,14H2,1H3,(H,15,16). The van der Waals surface area contributed by atoms with Crippen LogP contribution in [0.3, 0.4) is 0 Å². The van der Waals surface area contributed by atoms with Gasteiger partial charge in [-0.25, -0.2) is 5.84 Å². The van der Waals surface area contributed by atoms with E-state index in [9.17, 15) is 4.79 Å². The van der Waals surface area contributed by atoms with E-state index in [1.54, 1.807) is 6.07 Å². The van der Waals surface area contributed by atoms with Crippen molar-refractivity contribution in [3.8, 4) is 0 Å². The third-order valence-electron chi connectivity index (χ3n) is 3.52. The van der Waals surface area contributed by atoms with Gasteiger partial charge in [0, 0.05) is 0 Å². The van der Waals surface area contributed by atoms with Gasteiger partial charge >= 0.3 is 0 Å². The highest BCUT2D eigenvalue weighted by Gasteiger charge is 2.22. The Hall–Kier alpha value is -1.33. The van der Waals surface area contributed by atoms with Crippen molar-refractivity contribution in [1.82, 2.24) is 5.43 Å². The number of carbonyl (C=O) groups excluding carboxylic acids is 1. The van der Waals surface area contributed by atoms with Crippen molar-refractivity contribution in [2.75, 3.05) is 0 Å². The molecule has 2 atom stereocenters. The minimum Gasteiger partial charge on any atom is -0.466 e. The summed E-state index contributed by atoms with van der Waals surface area (Å²) in [6, 6.07) is 1.66. The number of hydrogen-bond acceptors (Lipinski definition) is 4. The topological polar surface area (TPSA) is 77.5 Å². The first-order valence-electron chi connectivity index (χ1n) is 6.40. The van der Waals surface area contributed by atoms with E-state index in [0.29, 0.717) is 30.0 Å². The fraction of sp³-hybridized carbons (Fsp3) is 0.615. The number of carbonyl (C=O) groups is 1. The van der Waals surface area contributed by atoms with Gasteiger partial charge in [-0.2, -0.15) is 0 Å². The fourth-order valence-electron chi connectivity index (χ4n) is 2.38. The molecule has 18 heavy (non-hydrogen) atoms. The number of hydrogen-bond donors (Lipinski definition) is 2. The highest BCUT2D eigenvalue weighted by Crippen LogP contribution is 2.27. The molecule has 0 bridgehead atoms. The van der Waals surface area contributed by atoms with E-state index in [0.717, 1.165) is 6.42 Å². The SMILES string of the molecule is CC1CCCCC1OCc1cc(C(=O)NN)co1. The van der Waals surface area contributed by atoms with Crippen LogP contribution in [0.4, 0.5) is 0 Å². The molecule has 1 saturated carbocycles. The summed E-state index contributed by atoms with van der Waals surface area (Å²) in [6.07, 6.45) is 6.55. The van der Waals surface area contributed by atoms with Crippen molar-refractivity contribution in [3.63, 3.8) is 0 Å². The Morgan fingerprint density at radius 1 is 1.56 bits per heavy atom. The second kappa shape index (κ2) is 6.02. The van der Waals surface area contributed by atoms with Crippen LogP contribution < -0.4 is 11.3 Å². The number of nitrogen functional groups attached to an aromatic ring is 1. The van der Waals surface area contributed by atoms with Gasteiger partial charge in [0.1, 0.15) is 18.6 Å². The van der Waals surface area contributed by atoms with E-state index in [1.807, 2.05) is 0 Å². The minimum atomic E-state index is -0.351. The Bertz CT molecular complexity index is 403. The van der Waals surface area contributed by atoms with E-state index in [1.165, 1.54) is 25.5 Å². The van der Waals surface area contributed by atoms with Crippen LogP contribution in [0.2, 0.25) is 0 Å². The third kappa shape index (κ3) is 3.11. The zero-order valence-electron chi connectivity index (χ0n) is 10.6. The van der Waals surface area contributed by atoms with Crippen molar-refractivity contribution in [2.24, 2.45) is 11.8 Å². The van der Waals surface area contributed by atoms with Crippen molar-refractivity contribution < 1.29 is 13.9 Å². The summed E-state index contributed by atoms with van der Waals surface area (Å²) < 4.78 is 11.1. The minimum absolute atomic E-state index is 0.302. The maximum atomic E-state index is 11.2. The average Bonchev–Trinajstić information content (AvgIpc) is 2.86. The molecule has 0 radical (unpaired) electrons. The number of furan rings is 1. The van der Waals surface area contributed by atoms with Gasteiger partial charge in [-0.15, -0.1) is 0 Å². The van der Waals surface area contributed by atoms with Crippen molar-refractivity contribution >= 4 is 5.91 Å². The quantitative estimate of drug-likeness (QED) is 0.488. The fourth-order valence-corrected chi connectivity index (χ4v) is 2.38. The lowest BCUT2D eigenvalue weighted by molar-refractivity contribution is -0.0219. The molecule has 2 rings (SSSR count). The van der Waals surface area contributed by atoms with Gasteiger partial charge in [0.2, 0.25) is 0 Å². The molecular formula is C13H20N2O3. The highest BCUT2D eigenvalue weighted by molar-refractivity contribution is 5.93. The largest absolute Gasteiger partial charge is 0.466 e. The van der Waals surface area contributed by atoms with Crippen molar-refractivity contribution in [2.45, 2.75) is 45.3 Å². The molecule has 1 aromatic heterocycles. The van der Waals surface area contributed by atoms with E-state index >= 15 is 0 Å². The van der Waals surface area contributed by atoms with Crippen LogP contribution in [0.15, 0.2) is 16.7 Å². The van der Waals surface area contributed by atoms with Crippen LogP contribution >= 0.6 is 0 Å². The molecule has 0 aliphatic heterocycles. The third-order valence-corrected chi connectivity index (χ3v) is 3.52. The van der Waals surface area contributed by atoms with Gasteiger partial charge in [-0.3, -0.25) is 10.2 Å². The summed E-state index contributed by atoms with van der Waals surface area (Å²) in [7, 11) is 0. The molecule has 1 fully saturated rings. The summed E-state index contributed by atoms with van der Waals surface area (Å²) >= 11 is 0. The van der Waals surface area contributed by atoms with E-state index in [-0.39, 0.29) is 5.91 Å². The van der Waals surface area contributed by atoms with Crippen LogP contribution in [0.5, 0.6) is 0 Å². The van der Waals surface area contributed by atoms with Crippen LogP contribution in [0.1, 0.15) is 48.7 Å². The first kappa shape index (κ1) is 13.1. The van der Waals surface area contributed by atoms with Gasteiger partial charge < -0.3 is 9.15 Å². The van der Waals surface area contributed by atoms with Gasteiger partial charge in [0.25, 0.3) is 5.91 Å². The number of ether oxygens (including phenoxy) is 1. The lowest BCUT2D eigenvalue weighted by Gasteiger charge is -2.28. The van der Waals surface area contributed by atoms with Gasteiger partial charge in [0.15, 0.2) is 0 Å². The summed E-state index contributed by atoms with van der Waals surface area (Å²) in [5.41, 5.74) is 2.49. The van der Waals surface area contributed by atoms with Crippen LogP contribution in [0.25, 0.3) is 0 Å². The maximum absolute atomic E-state index is 11.2. The number of rotatable bonds is 4. The number of nitrogens with two attached hydrogens (primary N) is 1. The first-order chi connectivity index (χ1) is 8.70. The monoisotopic (exact) mass is 252 g/mol. The summed E-state index contributed by atoms with van der Waals surface area (Å²) in [5, 5.41) is 0. The molecule has 3 N–H and O–H groups in total. The normalized spacial score (nSPS) is 23.9. The lowest BCUT2D eigenvalue weighted by atomic mass is 9.88. The van der Waals surface area contributed by atoms with Crippen LogP contribution in [-0.2, 0) is 11.3 Å². The predicted octanol–water partition coefficient (Wildman–Crippen LogP) is 1.98. The number of nitrogens with one attached hydrogen (secondary N) is 1. The highest BCUT2D eigenvalue weighted by atomic mass is 16.5. The molecule has 1 aromatic rings. The molecule has 1 aliphatic rings. The van der Waals surface area contributed by atoms with E-state index in [4.69, 9.17) is 15.0 Å². The number of amides is 1. The molecule has 100 valence electrons. The average molecular weight is 252 g/mol. The first-order valence-corrected chi connectivity index (χ1v) is 6.40. The Morgan fingerprint density at radius 3 is 3.06 bits per heavy atom. The Labute approximate surface area is 107 Å². The van der Waals surface area contributed by atoms with Gasteiger partial charge in [-0.05, 0) is 24.8 Å². The molecule has 1 heterocycles. The Kier molecular flexibility index (Phi) is 4.38. The lowest BCUT2D eigenvalue weighted by Crippen LogP contribution is -2.29. The molecule has 0 aromatic carbocycles. The number of hydrazine groups is 1. The van der Waals surface area contributed by atoms with E-state index < -0.39 is 0 Å². The van der Waals surface area contributed by atoms with E-state index in [2.05, 4.69) is 12.3 Å². The summed E-state index contributed by atoms with van der Waals surface area (Å²) in [5.74, 6) is 5.96. The maximum Gasteiger partial charge on any atom is 0.268 e. The molecular weight excluding hydrogens is 232 g/mol. The van der Waals surface area contributed by atoms with Crippen molar-refractivity contribution in [1.29, 1.82) is 0 Å². The van der Waals surface area contributed by atoms with Crippen LogP contribution in [-0.4, -0.2) is 12.0 Å². The summed E-state index contributed by atoms with van der Waals surface area (Å²) in [6.45, 7) is 2.63. The molecule has 5 nitrogen and oxygen atoms in total. The molecule has 1 amide bonds. The van der Waals surface area contributed by atoms with Crippen molar-refractivity contribution in [3.05, 3.63) is 23.7 Å². The smallest absolute Gasteiger partial charge is 0.268 e. The molecule has 5 heteroatoms. The molecule has 0 spiro atoms. The molecule has 1 aliphatic carbocycles. The molecule has 0 saturated heterocycles. The Balaban J connectivity index is 1.86. The van der Waals surface area contributed by atoms with Gasteiger partial charge in [0.05, 0.1) is 11.7 Å². The second-order valence-corrected chi connectivity index (χ2v) is 4.89. The zero-order valence-corrected chi connectivity index (χ0v) is 10.6. The van der Waals surface area contributed by atoms with Crippen LogP contribution in [0, 0.1) is 5.92 Å². The molecule has 2 unspecified atom stereocenters. The zero-order chi connectivity index (χ0) is 13.0. The second-order valence-electron chi connectivity index (χ2n) is 4.89. The van der Waals surface area contributed by atoms with Gasteiger partial charge in [-0.1, -0.05) is 19.8 Å². The Morgan fingerprint density at radius 2 is 2.33 bits per heavy atom. The summed E-state index contributed by atoms with van der Waals surface area (Å²) in [4.78, 5) is 11.2.